The van der Waals surface area contributed by atoms with Crippen molar-refractivity contribution in [3.8, 4) is 0 Å². The molecule has 0 aliphatic rings. The van der Waals surface area contributed by atoms with E-state index in [0.29, 0.717) is 5.25 Å². The van der Waals surface area contributed by atoms with E-state index in [-0.39, 0.29) is 0 Å². The van der Waals surface area contributed by atoms with Crippen molar-refractivity contribution in [2.45, 2.75) is 37.2 Å². The highest BCUT2D eigenvalue weighted by molar-refractivity contribution is 7.99. The van der Waals surface area contributed by atoms with Gasteiger partial charge in [0.15, 0.2) is 5.16 Å². The van der Waals surface area contributed by atoms with E-state index in [1.54, 1.807) is 23.1 Å². The highest BCUT2D eigenvalue weighted by atomic mass is 32.2. The first-order valence-electron chi connectivity index (χ1n) is 5.32. The van der Waals surface area contributed by atoms with Crippen LogP contribution in [0.1, 0.15) is 18.7 Å². The molecule has 0 N–H and O–H groups in total. The molecule has 0 aliphatic carbocycles. The Bertz CT molecular complexity index is 420. The second kappa shape index (κ2) is 5.50. The van der Waals surface area contributed by atoms with Crippen molar-refractivity contribution in [3.05, 3.63) is 28.7 Å². The molecular weight excluding hydrogens is 238 g/mol. The average molecular weight is 253 g/mol. The van der Waals surface area contributed by atoms with Crippen LogP contribution in [0, 0.1) is 0 Å². The molecule has 0 saturated heterocycles. The first kappa shape index (κ1) is 11.7. The number of thioether (sulfide) groups is 1. The fourth-order valence-electron chi connectivity index (χ4n) is 1.39. The molecule has 3 nitrogen and oxygen atoms in total. The van der Waals surface area contributed by atoms with Gasteiger partial charge in [0, 0.05) is 16.7 Å². The molecule has 2 rings (SSSR count). The van der Waals surface area contributed by atoms with Crippen LogP contribution in [0.4, 0.5) is 0 Å². The zero-order valence-electron chi connectivity index (χ0n) is 9.46. The molecule has 0 unspecified atom stereocenters. The van der Waals surface area contributed by atoms with Gasteiger partial charge >= 0.3 is 0 Å². The van der Waals surface area contributed by atoms with Gasteiger partial charge < -0.3 is 4.57 Å². The van der Waals surface area contributed by atoms with E-state index in [2.05, 4.69) is 46.1 Å². The van der Waals surface area contributed by atoms with Crippen molar-refractivity contribution in [1.29, 1.82) is 0 Å². The Balaban J connectivity index is 1.96. The fourth-order valence-corrected chi connectivity index (χ4v) is 2.87. The molecule has 16 heavy (non-hydrogen) atoms. The van der Waals surface area contributed by atoms with E-state index in [9.17, 15) is 0 Å². The summed E-state index contributed by atoms with van der Waals surface area (Å²) in [5.74, 6) is 0. The summed E-state index contributed by atoms with van der Waals surface area (Å²) in [7, 11) is 0. The number of aryl methyl sites for hydroxylation is 2. The van der Waals surface area contributed by atoms with E-state index in [0.717, 1.165) is 18.1 Å². The lowest BCUT2D eigenvalue weighted by Crippen LogP contribution is -2.02. The van der Waals surface area contributed by atoms with Crippen molar-refractivity contribution in [2.24, 2.45) is 0 Å². The Morgan fingerprint density at radius 3 is 3.06 bits per heavy atom. The van der Waals surface area contributed by atoms with Crippen molar-refractivity contribution >= 4 is 23.1 Å². The van der Waals surface area contributed by atoms with Gasteiger partial charge in [-0.15, -0.1) is 21.5 Å². The van der Waals surface area contributed by atoms with E-state index in [1.807, 2.05) is 6.33 Å². The molecule has 0 spiro atoms. The minimum absolute atomic E-state index is 0.546. The predicted octanol–water partition coefficient (Wildman–Crippen LogP) is 3.08. The maximum atomic E-state index is 4.14. The molecular formula is C11H15N3S2. The van der Waals surface area contributed by atoms with Crippen LogP contribution in [0.2, 0.25) is 0 Å². The molecule has 0 aromatic carbocycles. The summed E-state index contributed by atoms with van der Waals surface area (Å²) in [6, 6.07) is 4.26. The van der Waals surface area contributed by atoms with Crippen LogP contribution in [0.25, 0.3) is 0 Å². The third-order valence-corrected chi connectivity index (χ3v) is 4.03. The van der Waals surface area contributed by atoms with Crippen LogP contribution in [-0.2, 0) is 13.0 Å². The minimum atomic E-state index is 0.546. The summed E-state index contributed by atoms with van der Waals surface area (Å²) in [6.45, 7) is 5.30. The smallest absolute Gasteiger partial charge is 0.191 e. The van der Waals surface area contributed by atoms with Crippen LogP contribution in [0.15, 0.2) is 29.0 Å². The quantitative estimate of drug-likeness (QED) is 0.767. The topological polar surface area (TPSA) is 30.7 Å². The maximum absolute atomic E-state index is 4.14. The normalized spacial score (nSPS) is 11.2. The highest BCUT2D eigenvalue weighted by Crippen LogP contribution is 2.20. The van der Waals surface area contributed by atoms with Gasteiger partial charge in [0.05, 0.1) is 0 Å². The van der Waals surface area contributed by atoms with Crippen LogP contribution < -0.4 is 0 Å². The van der Waals surface area contributed by atoms with Gasteiger partial charge in [0.1, 0.15) is 6.33 Å². The number of hydrogen-bond donors (Lipinski definition) is 0. The summed E-state index contributed by atoms with van der Waals surface area (Å²) in [5.41, 5.74) is 0. The first-order valence-corrected chi connectivity index (χ1v) is 7.08. The molecule has 0 radical (unpaired) electrons. The van der Waals surface area contributed by atoms with Crippen LogP contribution in [0.5, 0.6) is 0 Å². The van der Waals surface area contributed by atoms with E-state index < -0.39 is 0 Å². The van der Waals surface area contributed by atoms with E-state index >= 15 is 0 Å². The Morgan fingerprint density at radius 2 is 2.38 bits per heavy atom. The third-order valence-electron chi connectivity index (χ3n) is 2.10. The van der Waals surface area contributed by atoms with Crippen LogP contribution in [-0.4, -0.2) is 20.0 Å². The monoisotopic (exact) mass is 253 g/mol. The summed E-state index contributed by atoms with van der Waals surface area (Å²) < 4.78 is 2.13. The van der Waals surface area contributed by atoms with Crippen molar-refractivity contribution in [2.75, 3.05) is 0 Å². The largest absolute Gasteiger partial charge is 0.308 e. The molecule has 5 heteroatoms. The number of nitrogens with zero attached hydrogens (tertiary/aromatic N) is 3. The van der Waals surface area contributed by atoms with Gasteiger partial charge in [-0.05, 0) is 17.9 Å². The molecule has 86 valence electrons. The van der Waals surface area contributed by atoms with Crippen molar-refractivity contribution in [3.63, 3.8) is 0 Å². The minimum Gasteiger partial charge on any atom is -0.308 e. The molecule has 2 heterocycles. The number of rotatable bonds is 5. The zero-order chi connectivity index (χ0) is 11.4. The number of hydrogen-bond acceptors (Lipinski definition) is 4. The second-order valence-electron chi connectivity index (χ2n) is 3.80. The Morgan fingerprint density at radius 1 is 1.50 bits per heavy atom. The lowest BCUT2D eigenvalue weighted by molar-refractivity contribution is 0.636. The van der Waals surface area contributed by atoms with Crippen LogP contribution in [0.3, 0.4) is 0 Å². The van der Waals surface area contributed by atoms with Crippen LogP contribution >= 0.6 is 23.1 Å². The Kier molecular flexibility index (Phi) is 4.01. The fraction of sp³-hybridized carbons (Fsp3) is 0.455. The lowest BCUT2D eigenvalue weighted by Gasteiger charge is -2.06. The molecule has 2 aromatic heterocycles. The number of thiophene rings is 1. The summed E-state index contributed by atoms with van der Waals surface area (Å²) >= 11 is 3.57. The first-order chi connectivity index (χ1) is 7.75. The summed E-state index contributed by atoms with van der Waals surface area (Å²) in [5, 5.41) is 11.8. The third kappa shape index (κ3) is 3.09. The lowest BCUT2D eigenvalue weighted by atomic mass is 10.3. The van der Waals surface area contributed by atoms with Gasteiger partial charge in [0.25, 0.3) is 0 Å². The molecule has 0 fully saturated rings. The Hall–Kier alpha value is -0.810. The second-order valence-corrected chi connectivity index (χ2v) is 6.38. The zero-order valence-corrected chi connectivity index (χ0v) is 11.1. The summed E-state index contributed by atoms with van der Waals surface area (Å²) in [6.07, 6.45) is 2.87. The van der Waals surface area contributed by atoms with Crippen molar-refractivity contribution < 1.29 is 0 Å². The molecule has 0 atom stereocenters. The standard InChI is InChI=1S/C11H15N3S2/c1-9(2)16-11-13-12-8-14(11)6-5-10-4-3-7-15-10/h3-4,7-9H,5-6H2,1-2H3. The van der Waals surface area contributed by atoms with Gasteiger partial charge in [-0.25, -0.2) is 0 Å². The van der Waals surface area contributed by atoms with Gasteiger partial charge in [-0.1, -0.05) is 31.7 Å². The van der Waals surface area contributed by atoms with E-state index in [4.69, 9.17) is 0 Å². The highest BCUT2D eigenvalue weighted by Gasteiger charge is 2.07. The summed E-state index contributed by atoms with van der Waals surface area (Å²) in [4.78, 5) is 1.41. The SMILES string of the molecule is CC(C)Sc1nncn1CCc1cccs1. The predicted molar refractivity (Wildman–Crippen MR) is 69.0 cm³/mol. The average Bonchev–Trinajstić information content (AvgIpc) is 2.84. The molecule has 0 aliphatic heterocycles. The Labute approximate surface area is 104 Å². The molecule has 0 saturated carbocycles. The van der Waals surface area contributed by atoms with E-state index in [1.165, 1.54) is 4.88 Å². The van der Waals surface area contributed by atoms with Gasteiger partial charge in [-0.2, -0.15) is 0 Å². The maximum Gasteiger partial charge on any atom is 0.191 e. The number of aromatic nitrogens is 3. The van der Waals surface area contributed by atoms with Crippen molar-refractivity contribution in [1.82, 2.24) is 14.8 Å². The van der Waals surface area contributed by atoms with Gasteiger partial charge in [-0.3, -0.25) is 0 Å². The molecule has 0 amide bonds. The van der Waals surface area contributed by atoms with Gasteiger partial charge in [0.2, 0.25) is 0 Å². The molecule has 2 aromatic rings. The molecule has 0 bridgehead atoms.